The van der Waals surface area contributed by atoms with Gasteiger partial charge in [-0.05, 0) is 25.5 Å². The van der Waals surface area contributed by atoms with Crippen LogP contribution >= 0.6 is 0 Å². The van der Waals surface area contributed by atoms with Crippen LogP contribution in [0.5, 0.6) is 5.75 Å². The van der Waals surface area contributed by atoms with Gasteiger partial charge >= 0.3 is 0 Å². The highest BCUT2D eigenvalue weighted by atomic mass is 16.5. The fourth-order valence-corrected chi connectivity index (χ4v) is 2.61. The van der Waals surface area contributed by atoms with E-state index >= 15 is 0 Å². The molecule has 0 amide bonds. The van der Waals surface area contributed by atoms with Gasteiger partial charge in [0.15, 0.2) is 0 Å². The Balaban J connectivity index is 1.75. The average molecular weight is 257 g/mol. The normalized spacial score (nSPS) is 17.3. The van der Waals surface area contributed by atoms with Crippen molar-refractivity contribution in [3.8, 4) is 5.75 Å². The van der Waals surface area contributed by atoms with Crippen LogP contribution in [0.4, 0.5) is 0 Å². The van der Waals surface area contributed by atoms with E-state index in [-0.39, 0.29) is 6.10 Å². The van der Waals surface area contributed by atoms with Crippen LogP contribution in [0.3, 0.4) is 0 Å². The number of nitrogens with zero attached hydrogens (tertiary/aromatic N) is 2. The molecule has 1 aliphatic rings. The molecule has 0 saturated heterocycles. The first-order chi connectivity index (χ1) is 9.17. The summed E-state index contributed by atoms with van der Waals surface area (Å²) < 4.78 is 7.96. The predicted molar refractivity (Wildman–Crippen MR) is 74.2 cm³/mol. The lowest BCUT2D eigenvalue weighted by molar-refractivity contribution is 0.202. The third kappa shape index (κ3) is 2.24. The van der Waals surface area contributed by atoms with Crippen molar-refractivity contribution in [2.75, 3.05) is 0 Å². The second-order valence-electron chi connectivity index (χ2n) is 5.20. The maximum atomic E-state index is 5.97. The van der Waals surface area contributed by atoms with E-state index in [1.807, 2.05) is 10.9 Å². The van der Waals surface area contributed by atoms with Gasteiger partial charge < -0.3 is 10.5 Å². The molecule has 1 unspecified atom stereocenters. The Morgan fingerprint density at radius 3 is 3.00 bits per heavy atom. The van der Waals surface area contributed by atoms with Gasteiger partial charge in [-0.25, -0.2) is 0 Å². The first-order valence-corrected chi connectivity index (χ1v) is 6.65. The molecule has 2 N–H and O–H groups in total. The molecule has 1 aliphatic heterocycles. The van der Waals surface area contributed by atoms with Crippen molar-refractivity contribution >= 4 is 0 Å². The van der Waals surface area contributed by atoms with Crippen LogP contribution in [0.1, 0.15) is 22.4 Å². The van der Waals surface area contributed by atoms with Gasteiger partial charge in [0.25, 0.3) is 0 Å². The van der Waals surface area contributed by atoms with Crippen LogP contribution in [0.2, 0.25) is 0 Å². The lowest BCUT2D eigenvalue weighted by Gasteiger charge is -2.12. The van der Waals surface area contributed by atoms with Crippen molar-refractivity contribution in [3.05, 3.63) is 46.8 Å². The molecule has 0 fully saturated rings. The van der Waals surface area contributed by atoms with Crippen LogP contribution < -0.4 is 10.5 Å². The first kappa shape index (κ1) is 12.2. The van der Waals surface area contributed by atoms with E-state index in [0.29, 0.717) is 6.54 Å². The maximum absolute atomic E-state index is 5.97. The Morgan fingerprint density at radius 2 is 2.26 bits per heavy atom. The smallest absolute Gasteiger partial charge is 0.123 e. The molecule has 1 aromatic heterocycles. The fourth-order valence-electron chi connectivity index (χ4n) is 2.61. The molecule has 4 heteroatoms. The van der Waals surface area contributed by atoms with Crippen molar-refractivity contribution in [2.24, 2.45) is 5.73 Å². The number of nitrogens with two attached hydrogens (primary N) is 1. The minimum atomic E-state index is 0.168. The fraction of sp³-hybridized carbons (Fsp3) is 0.400. The number of hydrogen-bond acceptors (Lipinski definition) is 3. The molecule has 0 radical (unpaired) electrons. The maximum Gasteiger partial charge on any atom is 0.123 e. The molecule has 0 spiro atoms. The van der Waals surface area contributed by atoms with E-state index in [9.17, 15) is 0 Å². The van der Waals surface area contributed by atoms with E-state index in [2.05, 4.69) is 37.1 Å². The summed E-state index contributed by atoms with van der Waals surface area (Å²) in [6.07, 6.45) is 2.97. The van der Waals surface area contributed by atoms with Crippen molar-refractivity contribution in [2.45, 2.75) is 39.5 Å². The SMILES string of the molecule is Cc1ccc2c(c1)CC(Cn1ncc(CN)c1C)O2. The van der Waals surface area contributed by atoms with Crippen molar-refractivity contribution < 1.29 is 4.74 Å². The number of rotatable bonds is 3. The van der Waals surface area contributed by atoms with Gasteiger partial charge in [-0.1, -0.05) is 17.7 Å². The van der Waals surface area contributed by atoms with Gasteiger partial charge in [-0.15, -0.1) is 0 Å². The Hall–Kier alpha value is -1.81. The highest BCUT2D eigenvalue weighted by molar-refractivity contribution is 5.40. The summed E-state index contributed by atoms with van der Waals surface area (Å²) in [6.45, 7) is 5.48. The number of benzene rings is 1. The van der Waals surface area contributed by atoms with Gasteiger partial charge in [-0.3, -0.25) is 4.68 Å². The van der Waals surface area contributed by atoms with Crippen LogP contribution in [0, 0.1) is 13.8 Å². The highest BCUT2D eigenvalue weighted by Crippen LogP contribution is 2.30. The average Bonchev–Trinajstić information content (AvgIpc) is 2.93. The number of aryl methyl sites for hydroxylation is 1. The Labute approximate surface area is 113 Å². The third-order valence-electron chi connectivity index (χ3n) is 3.76. The highest BCUT2D eigenvalue weighted by Gasteiger charge is 2.24. The minimum Gasteiger partial charge on any atom is -0.488 e. The predicted octanol–water partition coefficient (Wildman–Crippen LogP) is 1.96. The zero-order valence-electron chi connectivity index (χ0n) is 11.4. The summed E-state index contributed by atoms with van der Waals surface area (Å²) in [7, 11) is 0. The van der Waals surface area contributed by atoms with Crippen LogP contribution in [0.15, 0.2) is 24.4 Å². The van der Waals surface area contributed by atoms with E-state index in [0.717, 1.165) is 30.0 Å². The second-order valence-corrected chi connectivity index (χ2v) is 5.20. The monoisotopic (exact) mass is 257 g/mol. The molecule has 2 aromatic rings. The molecule has 0 saturated carbocycles. The van der Waals surface area contributed by atoms with E-state index in [4.69, 9.17) is 10.5 Å². The van der Waals surface area contributed by atoms with Crippen molar-refractivity contribution in [1.82, 2.24) is 9.78 Å². The Bertz CT molecular complexity index is 603. The summed E-state index contributed by atoms with van der Waals surface area (Å²) in [4.78, 5) is 0. The van der Waals surface area contributed by atoms with Crippen LogP contribution in [-0.2, 0) is 19.5 Å². The zero-order chi connectivity index (χ0) is 13.4. The van der Waals surface area contributed by atoms with Gasteiger partial charge in [-0.2, -0.15) is 5.10 Å². The van der Waals surface area contributed by atoms with Gasteiger partial charge in [0, 0.05) is 24.2 Å². The molecule has 1 aromatic carbocycles. The lowest BCUT2D eigenvalue weighted by atomic mass is 10.1. The standard InChI is InChI=1S/C15H19N3O/c1-10-3-4-15-12(5-10)6-14(19-15)9-18-11(2)13(7-16)8-17-18/h3-5,8,14H,6-7,9,16H2,1-2H3. The lowest BCUT2D eigenvalue weighted by Crippen LogP contribution is -2.22. The summed E-state index contributed by atoms with van der Waals surface area (Å²) in [6, 6.07) is 6.36. The van der Waals surface area contributed by atoms with Gasteiger partial charge in [0.05, 0.1) is 12.7 Å². The molecule has 2 heterocycles. The number of hydrogen-bond donors (Lipinski definition) is 1. The molecule has 3 rings (SSSR count). The third-order valence-corrected chi connectivity index (χ3v) is 3.76. The Morgan fingerprint density at radius 1 is 1.42 bits per heavy atom. The first-order valence-electron chi connectivity index (χ1n) is 6.65. The zero-order valence-corrected chi connectivity index (χ0v) is 11.4. The largest absolute Gasteiger partial charge is 0.488 e. The molecule has 4 nitrogen and oxygen atoms in total. The molecule has 1 atom stereocenters. The molecule has 0 bridgehead atoms. The summed E-state index contributed by atoms with van der Waals surface area (Å²) in [5, 5.41) is 4.39. The summed E-state index contributed by atoms with van der Waals surface area (Å²) in [5.41, 5.74) is 10.5. The van der Waals surface area contributed by atoms with E-state index < -0.39 is 0 Å². The Kier molecular flexibility index (Phi) is 3.03. The second kappa shape index (κ2) is 4.70. The van der Waals surface area contributed by atoms with Crippen molar-refractivity contribution in [3.63, 3.8) is 0 Å². The molecule has 100 valence electrons. The van der Waals surface area contributed by atoms with E-state index in [1.165, 1.54) is 11.1 Å². The summed E-state index contributed by atoms with van der Waals surface area (Å²) >= 11 is 0. The van der Waals surface area contributed by atoms with Crippen molar-refractivity contribution in [1.29, 1.82) is 0 Å². The molecular weight excluding hydrogens is 238 g/mol. The number of fused-ring (bicyclic) bond motifs is 1. The molecule has 19 heavy (non-hydrogen) atoms. The minimum absolute atomic E-state index is 0.168. The van der Waals surface area contributed by atoms with Gasteiger partial charge in [0.1, 0.15) is 11.9 Å². The topological polar surface area (TPSA) is 53.1 Å². The number of ether oxygens (including phenoxy) is 1. The number of aromatic nitrogens is 2. The van der Waals surface area contributed by atoms with Gasteiger partial charge in [0.2, 0.25) is 0 Å². The van der Waals surface area contributed by atoms with Crippen LogP contribution in [-0.4, -0.2) is 15.9 Å². The quantitative estimate of drug-likeness (QED) is 0.914. The molecule has 0 aliphatic carbocycles. The summed E-state index contributed by atoms with van der Waals surface area (Å²) in [5.74, 6) is 1.01. The van der Waals surface area contributed by atoms with Crippen LogP contribution in [0.25, 0.3) is 0 Å². The molecular formula is C15H19N3O. The van der Waals surface area contributed by atoms with E-state index in [1.54, 1.807) is 0 Å².